The molecule has 0 bridgehead atoms. The number of rotatable bonds is 6. The van der Waals surface area contributed by atoms with Gasteiger partial charge in [-0.3, -0.25) is 9.40 Å². The number of nitrogens with one attached hydrogen (secondary N) is 1. The Bertz CT molecular complexity index is 755. The first-order chi connectivity index (χ1) is 10.7. The Labute approximate surface area is 130 Å². The molecule has 10 heteroatoms. The van der Waals surface area contributed by atoms with Gasteiger partial charge in [0.25, 0.3) is 10.0 Å². The standard InChI is InChI=1S/C13H14F3N3O3S/c1-2-22-11-3-5-12(6-4-11)23(20,21)18-10-7-17-19(8-10)9-13(14,15)16/h3-8,18H,2,9H2,1H3. The molecule has 6 nitrogen and oxygen atoms in total. The van der Waals surface area contributed by atoms with Crippen LogP contribution in [-0.4, -0.2) is 31.0 Å². The first-order valence-corrected chi connectivity index (χ1v) is 8.03. The van der Waals surface area contributed by atoms with Gasteiger partial charge in [-0.25, -0.2) is 8.42 Å². The molecule has 0 spiro atoms. The molecule has 1 heterocycles. The third-order valence-electron chi connectivity index (χ3n) is 2.67. The summed E-state index contributed by atoms with van der Waals surface area (Å²) in [7, 11) is -3.92. The molecule has 0 amide bonds. The van der Waals surface area contributed by atoms with Gasteiger partial charge in [0.2, 0.25) is 0 Å². The number of sulfonamides is 1. The van der Waals surface area contributed by atoms with E-state index in [9.17, 15) is 21.6 Å². The zero-order valence-corrected chi connectivity index (χ0v) is 12.9. The van der Waals surface area contributed by atoms with Crippen LogP contribution in [0, 0.1) is 0 Å². The maximum Gasteiger partial charge on any atom is 0.408 e. The second-order valence-corrected chi connectivity index (χ2v) is 6.23. The van der Waals surface area contributed by atoms with Crippen LogP contribution in [0.15, 0.2) is 41.6 Å². The van der Waals surface area contributed by atoms with Gasteiger partial charge < -0.3 is 4.74 Å². The summed E-state index contributed by atoms with van der Waals surface area (Å²) < 4.78 is 69.0. The zero-order valence-electron chi connectivity index (χ0n) is 12.0. The smallest absolute Gasteiger partial charge is 0.408 e. The van der Waals surface area contributed by atoms with Crippen molar-refractivity contribution in [2.75, 3.05) is 11.3 Å². The van der Waals surface area contributed by atoms with E-state index in [0.717, 1.165) is 12.4 Å². The first-order valence-electron chi connectivity index (χ1n) is 6.54. The van der Waals surface area contributed by atoms with Crippen LogP contribution in [0.4, 0.5) is 18.9 Å². The average Bonchev–Trinajstić information content (AvgIpc) is 2.84. The molecule has 1 aromatic heterocycles. The number of alkyl halides is 3. The monoisotopic (exact) mass is 349 g/mol. The molecule has 0 atom stereocenters. The number of halogens is 3. The number of benzene rings is 1. The minimum Gasteiger partial charge on any atom is -0.494 e. The van der Waals surface area contributed by atoms with Crippen molar-refractivity contribution in [3.05, 3.63) is 36.7 Å². The lowest BCUT2D eigenvalue weighted by Gasteiger charge is -2.08. The van der Waals surface area contributed by atoms with E-state index in [0.29, 0.717) is 17.0 Å². The summed E-state index contributed by atoms with van der Waals surface area (Å²) in [6.07, 6.45) is -2.45. The number of aromatic nitrogens is 2. The highest BCUT2D eigenvalue weighted by Gasteiger charge is 2.28. The van der Waals surface area contributed by atoms with Gasteiger partial charge >= 0.3 is 6.18 Å². The molecule has 0 radical (unpaired) electrons. The summed E-state index contributed by atoms with van der Waals surface area (Å²) in [5, 5.41) is 3.47. The van der Waals surface area contributed by atoms with E-state index < -0.39 is 22.7 Å². The number of nitrogens with zero attached hydrogens (tertiary/aromatic N) is 2. The summed E-state index contributed by atoms with van der Waals surface area (Å²) in [5.74, 6) is 0.518. The number of ether oxygens (including phenoxy) is 1. The van der Waals surface area contributed by atoms with Gasteiger partial charge in [-0.15, -0.1) is 0 Å². The van der Waals surface area contributed by atoms with E-state index in [1.54, 1.807) is 6.92 Å². The number of hydrogen-bond acceptors (Lipinski definition) is 4. The maximum absolute atomic E-state index is 12.2. The van der Waals surface area contributed by atoms with E-state index in [4.69, 9.17) is 4.74 Å². The van der Waals surface area contributed by atoms with Crippen molar-refractivity contribution in [2.24, 2.45) is 0 Å². The number of hydrogen-bond donors (Lipinski definition) is 1. The van der Waals surface area contributed by atoms with Crippen molar-refractivity contribution in [1.82, 2.24) is 9.78 Å². The minimum absolute atomic E-state index is 0.0375. The second kappa shape index (κ2) is 6.49. The van der Waals surface area contributed by atoms with Crippen LogP contribution in [0.2, 0.25) is 0 Å². The highest BCUT2D eigenvalue weighted by Crippen LogP contribution is 2.21. The van der Waals surface area contributed by atoms with Gasteiger partial charge in [-0.2, -0.15) is 18.3 Å². The molecular formula is C13H14F3N3O3S. The molecule has 1 aromatic carbocycles. The second-order valence-electron chi connectivity index (χ2n) is 4.55. The average molecular weight is 349 g/mol. The van der Waals surface area contributed by atoms with E-state index in [1.165, 1.54) is 24.3 Å². The van der Waals surface area contributed by atoms with Crippen molar-refractivity contribution in [2.45, 2.75) is 24.5 Å². The molecule has 126 valence electrons. The summed E-state index contributed by atoms with van der Waals surface area (Å²) in [4.78, 5) is -0.0375. The predicted octanol–water partition coefficient (Wildman–Crippen LogP) is 2.64. The summed E-state index contributed by atoms with van der Waals surface area (Å²) in [6.45, 7) is 0.950. The molecular weight excluding hydrogens is 335 g/mol. The van der Waals surface area contributed by atoms with Crippen LogP contribution in [-0.2, 0) is 16.6 Å². The molecule has 1 N–H and O–H groups in total. The molecule has 0 saturated heterocycles. The normalized spacial score (nSPS) is 12.2. The Morgan fingerprint density at radius 3 is 2.48 bits per heavy atom. The Balaban J connectivity index is 2.12. The van der Waals surface area contributed by atoms with Crippen molar-refractivity contribution in [3.63, 3.8) is 0 Å². The maximum atomic E-state index is 12.2. The Morgan fingerprint density at radius 2 is 1.91 bits per heavy atom. The zero-order chi connectivity index (χ0) is 17.1. The van der Waals surface area contributed by atoms with Gasteiger partial charge in [0, 0.05) is 6.20 Å². The molecule has 23 heavy (non-hydrogen) atoms. The molecule has 0 aliphatic carbocycles. The molecule has 0 saturated carbocycles. The molecule has 0 unspecified atom stereocenters. The van der Waals surface area contributed by atoms with Gasteiger partial charge in [0.15, 0.2) is 0 Å². The fourth-order valence-electron chi connectivity index (χ4n) is 1.78. The summed E-state index contributed by atoms with van der Waals surface area (Å²) >= 11 is 0. The Hall–Kier alpha value is -2.23. The van der Waals surface area contributed by atoms with E-state index in [1.807, 2.05) is 0 Å². The molecule has 2 rings (SSSR count). The molecule has 2 aromatic rings. The predicted molar refractivity (Wildman–Crippen MR) is 76.7 cm³/mol. The van der Waals surface area contributed by atoms with Gasteiger partial charge in [-0.05, 0) is 31.2 Å². The van der Waals surface area contributed by atoms with Crippen molar-refractivity contribution in [3.8, 4) is 5.75 Å². The van der Waals surface area contributed by atoms with E-state index in [-0.39, 0.29) is 10.6 Å². The highest BCUT2D eigenvalue weighted by atomic mass is 32.2. The van der Waals surface area contributed by atoms with Crippen LogP contribution in [0.3, 0.4) is 0 Å². The Morgan fingerprint density at radius 1 is 1.26 bits per heavy atom. The third kappa shape index (κ3) is 4.88. The first kappa shape index (κ1) is 17.1. The number of anilines is 1. The van der Waals surface area contributed by atoms with Crippen molar-refractivity contribution in [1.29, 1.82) is 0 Å². The minimum atomic E-state index is -4.43. The van der Waals surface area contributed by atoms with Crippen molar-refractivity contribution < 1.29 is 26.3 Å². The van der Waals surface area contributed by atoms with Crippen LogP contribution in [0.25, 0.3) is 0 Å². The van der Waals surface area contributed by atoms with Crippen LogP contribution in [0.5, 0.6) is 5.75 Å². The lowest BCUT2D eigenvalue weighted by Crippen LogP contribution is -2.18. The quantitative estimate of drug-likeness (QED) is 0.870. The molecule has 0 fully saturated rings. The summed E-state index contributed by atoms with van der Waals surface area (Å²) in [6, 6.07) is 5.66. The van der Waals surface area contributed by atoms with Crippen LogP contribution in [0.1, 0.15) is 6.92 Å². The lowest BCUT2D eigenvalue weighted by atomic mass is 10.3. The fourth-order valence-corrected chi connectivity index (χ4v) is 2.81. The van der Waals surface area contributed by atoms with Gasteiger partial charge in [0.1, 0.15) is 12.3 Å². The lowest BCUT2D eigenvalue weighted by molar-refractivity contribution is -0.142. The Kier molecular flexibility index (Phi) is 4.83. The summed E-state index contributed by atoms with van der Waals surface area (Å²) in [5.41, 5.74) is -0.0527. The molecule has 0 aliphatic heterocycles. The van der Waals surface area contributed by atoms with E-state index in [2.05, 4.69) is 9.82 Å². The highest BCUT2D eigenvalue weighted by molar-refractivity contribution is 7.92. The molecule has 0 aliphatic rings. The van der Waals surface area contributed by atoms with Crippen LogP contribution < -0.4 is 9.46 Å². The largest absolute Gasteiger partial charge is 0.494 e. The van der Waals surface area contributed by atoms with Crippen molar-refractivity contribution >= 4 is 15.7 Å². The topological polar surface area (TPSA) is 73.2 Å². The third-order valence-corrected chi connectivity index (χ3v) is 4.07. The van der Waals surface area contributed by atoms with Gasteiger partial charge in [-0.1, -0.05) is 0 Å². The van der Waals surface area contributed by atoms with Crippen LogP contribution >= 0.6 is 0 Å². The SMILES string of the molecule is CCOc1ccc(S(=O)(=O)Nc2cnn(CC(F)(F)F)c2)cc1. The van der Waals surface area contributed by atoms with E-state index >= 15 is 0 Å². The van der Waals surface area contributed by atoms with Gasteiger partial charge in [0.05, 0.1) is 23.4 Å². The fraction of sp³-hybridized carbons (Fsp3) is 0.308.